The average molecular weight is 339 g/mol. The molecule has 132 valence electrons. The lowest BCUT2D eigenvalue weighted by molar-refractivity contribution is 0.117. The third-order valence-electron chi connectivity index (χ3n) is 4.98. The van der Waals surface area contributed by atoms with Crippen LogP contribution in [0.15, 0.2) is 18.3 Å². The highest BCUT2D eigenvalue weighted by Gasteiger charge is 2.33. The van der Waals surface area contributed by atoms with Gasteiger partial charge in [0, 0.05) is 32.5 Å². The van der Waals surface area contributed by atoms with Crippen molar-refractivity contribution < 1.29 is 0 Å². The van der Waals surface area contributed by atoms with Crippen LogP contribution in [0.25, 0.3) is 0 Å². The zero-order valence-corrected chi connectivity index (χ0v) is 15.3. The summed E-state index contributed by atoms with van der Waals surface area (Å²) < 4.78 is 1.97. The van der Waals surface area contributed by atoms with Crippen LogP contribution in [-0.2, 0) is 7.05 Å². The van der Waals surface area contributed by atoms with Gasteiger partial charge in [0.1, 0.15) is 11.8 Å². The van der Waals surface area contributed by atoms with Gasteiger partial charge in [-0.15, -0.1) is 0 Å². The number of hydrogen-bond donors (Lipinski definition) is 0. The van der Waals surface area contributed by atoms with Crippen molar-refractivity contribution in [2.24, 2.45) is 13.0 Å². The largest absolute Gasteiger partial charge is 0.343 e. The second-order valence-corrected chi connectivity index (χ2v) is 6.89. The van der Waals surface area contributed by atoms with E-state index in [-0.39, 0.29) is 0 Å². The Hall–Kier alpha value is -2.46. The van der Waals surface area contributed by atoms with Crippen molar-refractivity contribution in [2.45, 2.75) is 25.8 Å². The lowest BCUT2D eigenvalue weighted by atomic mass is 9.87. The number of rotatable bonds is 4. The minimum atomic E-state index is 0.323. The summed E-state index contributed by atoms with van der Waals surface area (Å²) in [7, 11) is 6.19. The van der Waals surface area contributed by atoms with Gasteiger partial charge < -0.3 is 4.90 Å². The Morgan fingerprint density at radius 3 is 2.84 bits per heavy atom. The highest BCUT2D eigenvalue weighted by Crippen LogP contribution is 2.35. The summed E-state index contributed by atoms with van der Waals surface area (Å²) in [6.07, 6.45) is 4.20. The van der Waals surface area contributed by atoms with Gasteiger partial charge in [-0.05, 0) is 51.4 Å². The topological polar surface area (TPSA) is 73.9 Å². The number of piperidine rings is 1. The summed E-state index contributed by atoms with van der Waals surface area (Å²) in [5, 5.41) is 13.5. The summed E-state index contributed by atoms with van der Waals surface area (Å²) in [6, 6.07) is 6.26. The summed E-state index contributed by atoms with van der Waals surface area (Å²) in [6.45, 7) is 3.83. The molecule has 0 bridgehead atoms. The normalized spacial score (nSPS) is 21.1. The molecule has 1 aliphatic rings. The molecule has 0 saturated carbocycles. The van der Waals surface area contributed by atoms with Crippen molar-refractivity contribution in [2.75, 3.05) is 32.1 Å². The first kappa shape index (κ1) is 17.4. The smallest absolute Gasteiger partial charge is 0.226 e. The first-order chi connectivity index (χ1) is 12.0. The van der Waals surface area contributed by atoms with E-state index < -0.39 is 0 Å². The minimum Gasteiger partial charge on any atom is -0.343 e. The molecular weight excluding hydrogens is 314 g/mol. The first-order valence-electron chi connectivity index (χ1n) is 8.64. The van der Waals surface area contributed by atoms with E-state index in [1.165, 1.54) is 12.1 Å². The SMILES string of the molecule is Cc1cc(C#N)nc(N(C)C[C@@H]2CCCN(C)[C@H]2c2ccnn2C)n1. The Balaban J connectivity index is 1.83. The fourth-order valence-corrected chi connectivity index (χ4v) is 3.81. The monoisotopic (exact) mass is 339 g/mol. The molecule has 7 nitrogen and oxygen atoms in total. The van der Waals surface area contributed by atoms with E-state index in [9.17, 15) is 0 Å². The molecule has 2 aromatic rings. The van der Waals surface area contributed by atoms with Crippen molar-refractivity contribution >= 4 is 5.95 Å². The van der Waals surface area contributed by atoms with Crippen LogP contribution in [0.3, 0.4) is 0 Å². The molecule has 1 aliphatic heterocycles. The molecule has 1 fully saturated rings. The predicted octanol–water partition coefficient (Wildman–Crippen LogP) is 1.91. The molecule has 25 heavy (non-hydrogen) atoms. The van der Waals surface area contributed by atoms with Gasteiger partial charge in [0.2, 0.25) is 5.95 Å². The van der Waals surface area contributed by atoms with Gasteiger partial charge in [0.15, 0.2) is 0 Å². The van der Waals surface area contributed by atoms with Crippen molar-refractivity contribution in [1.29, 1.82) is 5.26 Å². The number of hydrogen-bond acceptors (Lipinski definition) is 6. The van der Waals surface area contributed by atoms with Gasteiger partial charge >= 0.3 is 0 Å². The lowest BCUT2D eigenvalue weighted by Gasteiger charge is -2.40. The van der Waals surface area contributed by atoms with Crippen LogP contribution in [0.2, 0.25) is 0 Å². The molecule has 0 spiro atoms. The van der Waals surface area contributed by atoms with Crippen molar-refractivity contribution in [3.8, 4) is 6.07 Å². The maximum absolute atomic E-state index is 9.15. The maximum Gasteiger partial charge on any atom is 0.226 e. The molecular formula is C18H25N7. The van der Waals surface area contributed by atoms with E-state index in [0.29, 0.717) is 23.6 Å². The minimum absolute atomic E-state index is 0.323. The van der Waals surface area contributed by atoms with Gasteiger partial charge in [-0.2, -0.15) is 10.4 Å². The summed E-state index contributed by atoms with van der Waals surface area (Å²) in [5.41, 5.74) is 2.47. The number of anilines is 1. The number of nitrogens with zero attached hydrogens (tertiary/aromatic N) is 7. The van der Waals surface area contributed by atoms with Gasteiger partial charge in [-0.25, -0.2) is 9.97 Å². The predicted molar refractivity (Wildman–Crippen MR) is 96.1 cm³/mol. The Morgan fingerprint density at radius 1 is 1.36 bits per heavy atom. The van der Waals surface area contributed by atoms with E-state index in [1.54, 1.807) is 6.07 Å². The molecule has 3 heterocycles. The van der Waals surface area contributed by atoms with E-state index in [0.717, 1.165) is 25.2 Å². The highest BCUT2D eigenvalue weighted by molar-refractivity contribution is 5.35. The van der Waals surface area contributed by atoms with Gasteiger partial charge in [0.25, 0.3) is 0 Å². The van der Waals surface area contributed by atoms with Crippen molar-refractivity contribution in [3.05, 3.63) is 35.4 Å². The Morgan fingerprint density at radius 2 is 2.16 bits per heavy atom. The van der Waals surface area contributed by atoms with Gasteiger partial charge in [0.05, 0.1) is 11.7 Å². The zero-order chi connectivity index (χ0) is 18.0. The number of nitriles is 1. The van der Waals surface area contributed by atoms with Crippen molar-refractivity contribution in [3.63, 3.8) is 0 Å². The molecule has 0 N–H and O–H groups in total. The van der Waals surface area contributed by atoms with Crippen LogP contribution in [0.5, 0.6) is 0 Å². The number of aromatic nitrogens is 4. The Bertz CT molecular complexity index is 776. The third kappa shape index (κ3) is 3.64. The Kier molecular flexibility index (Phi) is 5.00. The number of aryl methyl sites for hydroxylation is 2. The standard InChI is InChI=1S/C18H25N7/c1-13-10-15(11-19)22-18(21-13)24(3)12-14-6-5-9-23(2)17(14)16-7-8-20-25(16)4/h7-8,10,14,17H,5-6,9,12H2,1-4H3/t14-,17+/m0/s1. The van der Waals surface area contributed by atoms with Crippen LogP contribution >= 0.6 is 0 Å². The van der Waals surface area contributed by atoms with Crippen LogP contribution in [0.1, 0.15) is 36.0 Å². The molecule has 2 aromatic heterocycles. The average Bonchev–Trinajstić information content (AvgIpc) is 3.00. The highest BCUT2D eigenvalue weighted by atomic mass is 15.3. The second kappa shape index (κ2) is 7.19. The quantitative estimate of drug-likeness (QED) is 0.847. The Labute approximate surface area is 148 Å². The first-order valence-corrected chi connectivity index (χ1v) is 8.64. The van der Waals surface area contributed by atoms with E-state index in [2.05, 4.69) is 44.0 Å². The fourth-order valence-electron chi connectivity index (χ4n) is 3.81. The van der Waals surface area contributed by atoms with Gasteiger partial charge in [-0.3, -0.25) is 9.58 Å². The molecule has 1 saturated heterocycles. The van der Waals surface area contributed by atoms with Crippen molar-refractivity contribution in [1.82, 2.24) is 24.6 Å². The summed E-state index contributed by atoms with van der Waals surface area (Å²) >= 11 is 0. The molecule has 0 unspecified atom stereocenters. The van der Waals surface area contributed by atoms with Crippen LogP contribution in [0, 0.1) is 24.2 Å². The van der Waals surface area contributed by atoms with Crippen LogP contribution < -0.4 is 4.90 Å². The fraction of sp³-hybridized carbons (Fsp3) is 0.556. The molecule has 0 radical (unpaired) electrons. The lowest BCUT2D eigenvalue weighted by Crippen LogP contribution is -2.42. The maximum atomic E-state index is 9.15. The zero-order valence-electron chi connectivity index (χ0n) is 15.3. The second-order valence-electron chi connectivity index (χ2n) is 6.89. The third-order valence-corrected chi connectivity index (χ3v) is 4.98. The molecule has 3 rings (SSSR count). The molecule has 0 aliphatic carbocycles. The molecule has 0 amide bonds. The summed E-state index contributed by atoms with van der Waals surface area (Å²) in [4.78, 5) is 13.4. The van der Waals surface area contributed by atoms with E-state index in [1.807, 2.05) is 31.9 Å². The number of likely N-dealkylation sites (tertiary alicyclic amines) is 1. The molecule has 2 atom stereocenters. The molecule has 0 aromatic carbocycles. The van der Waals surface area contributed by atoms with E-state index in [4.69, 9.17) is 5.26 Å². The van der Waals surface area contributed by atoms with E-state index >= 15 is 0 Å². The molecule has 7 heteroatoms. The van der Waals surface area contributed by atoms with Crippen LogP contribution in [0.4, 0.5) is 5.95 Å². The van der Waals surface area contributed by atoms with Crippen LogP contribution in [-0.4, -0.2) is 51.8 Å². The summed E-state index contributed by atoms with van der Waals surface area (Å²) in [5.74, 6) is 1.07. The van der Waals surface area contributed by atoms with Gasteiger partial charge in [-0.1, -0.05) is 0 Å².